The van der Waals surface area contributed by atoms with Crippen LogP contribution in [0.5, 0.6) is 0 Å². The molecule has 8 nitrogen and oxygen atoms in total. The summed E-state index contributed by atoms with van der Waals surface area (Å²) in [5.41, 5.74) is 1.29. The number of aromatic nitrogens is 1. The van der Waals surface area contributed by atoms with Gasteiger partial charge in [0, 0.05) is 36.8 Å². The van der Waals surface area contributed by atoms with Crippen LogP contribution in [0.3, 0.4) is 0 Å². The van der Waals surface area contributed by atoms with E-state index < -0.39 is 26.5 Å². The Morgan fingerprint density at radius 2 is 1.55 bits per heavy atom. The maximum Gasteiger partial charge on any atom is 0.246 e. The Hall–Kier alpha value is -4.28. The van der Waals surface area contributed by atoms with Crippen molar-refractivity contribution in [2.75, 3.05) is 23.8 Å². The topological polar surface area (TPSA) is 101 Å². The lowest BCUT2D eigenvalue weighted by Gasteiger charge is -2.36. The Balaban J connectivity index is 1.53. The number of carbonyl (C=O) groups is 3. The van der Waals surface area contributed by atoms with Crippen LogP contribution in [0, 0.1) is 5.41 Å². The summed E-state index contributed by atoms with van der Waals surface area (Å²) in [7, 11) is -0.611. The quantitative estimate of drug-likeness (QED) is 0.154. The van der Waals surface area contributed by atoms with E-state index in [2.05, 4.69) is 60.7 Å². The molecule has 0 saturated carbocycles. The molecule has 0 aliphatic carbocycles. The van der Waals surface area contributed by atoms with Crippen LogP contribution < -0.4 is 25.9 Å². The van der Waals surface area contributed by atoms with E-state index in [0.717, 1.165) is 10.4 Å². The molecular weight excluding hydrogens is 651 g/mol. The molecule has 4 rings (SSSR count). The first-order chi connectivity index (χ1) is 22.3. The Kier molecular flexibility index (Phi) is 12.1. The van der Waals surface area contributed by atoms with Crippen LogP contribution in [0.4, 0.5) is 11.5 Å². The zero-order valence-electron chi connectivity index (χ0n) is 27.0. The minimum Gasteiger partial charge on any atom is -0.403 e. The van der Waals surface area contributed by atoms with Gasteiger partial charge in [0.05, 0.1) is 23.4 Å². The second kappa shape index (κ2) is 16.0. The van der Waals surface area contributed by atoms with Gasteiger partial charge in [0.2, 0.25) is 26.8 Å². The van der Waals surface area contributed by atoms with Crippen molar-refractivity contribution in [2.45, 2.75) is 33.8 Å². The predicted molar refractivity (Wildman–Crippen MR) is 193 cm³/mol. The first-order valence-corrected chi connectivity index (χ1v) is 17.4. The summed E-state index contributed by atoms with van der Waals surface area (Å²) < 4.78 is 7.07. The highest BCUT2D eigenvalue weighted by atomic mass is 35.5. The molecule has 3 amide bonds. The fourth-order valence-corrected chi connectivity index (χ4v) is 8.26. The Morgan fingerprint density at radius 1 is 0.936 bits per heavy atom. The third kappa shape index (κ3) is 9.62. The number of nitrogens with one attached hydrogen (secondary N) is 2. The van der Waals surface area contributed by atoms with Crippen molar-refractivity contribution in [3.63, 3.8) is 0 Å². The van der Waals surface area contributed by atoms with Crippen LogP contribution in [0.25, 0.3) is 6.08 Å². The zero-order chi connectivity index (χ0) is 34.1. The average Bonchev–Trinajstić information content (AvgIpc) is 3.04. The Bertz CT molecular complexity index is 1690. The van der Waals surface area contributed by atoms with E-state index in [9.17, 15) is 14.4 Å². The molecule has 0 aliphatic heterocycles. The Morgan fingerprint density at radius 3 is 2.09 bits per heavy atom. The van der Waals surface area contributed by atoms with E-state index in [4.69, 9.17) is 27.6 Å². The van der Waals surface area contributed by atoms with E-state index >= 15 is 0 Å². The SMILES string of the molecule is CC(=O)Nc1ccc(C=CC(=O)NCC(=O)N(C)c2ccc(Cl)c(C(O[SiH](c3ccccc3)c3ccccc3)C(C)(C)C)c2Cl)cn1. The number of halogens is 2. The molecule has 11 heteroatoms. The Labute approximate surface area is 287 Å². The molecule has 1 aromatic heterocycles. The van der Waals surface area contributed by atoms with Gasteiger partial charge in [-0.25, -0.2) is 4.98 Å². The standard InChI is InChI=1S/C36H38Cl2N4O4Si/c1-24(43)41-30-20-16-25(22-39-30)17-21-31(44)40-23-32(45)42(5)29-19-18-28(37)33(34(29)38)35(36(2,3)4)46-47(26-12-8-6-9-13-26)27-14-10-7-11-15-27/h6-22,35,47H,23H2,1-5H3,(H,40,44)(H,39,41,43). The zero-order valence-corrected chi connectivity index (χ0v) is 29.6. The van der Waals surface area contributed by atoms with Gasteiger partial charge in [-0.1, -0.05) is 105 Å². The van der Waals surface area contributed by atoms with Gasteiger partial charge >= 0.3 is 0 Å². The monoisotopic (exact) mass is 688 g/mol. The molecular formula is C36H38Cl2N4O4Si. The molecule has 2 N–H and O–H groups in total. The number of likely N-dealkylation sites (N-methyl/N-ethyl adjacent to an activating group) is 1. The van der Waals surface area contributed by atoms with Crippen LogP contribution in [-0.4, -0.2) is 45.3 Å². The van der Waals surface area contributed by atoms with Gasteiger partial charge in [-0.15, -0.1) is 0 Å². The number of nitrogens with zero attached hydrogens (tertiary/aromatic N) is 2. The maximum absolute atomic E-state index is 13.2. The molecule has 1 atom stereocenters. The molecule has 3 aromatic carbocycles. The van der Waals surface area contributed by atoms with Gasteiger partial charge in [-0.2, -0.15) is 0 Å². The van der Waals surface area contributed by atoms with E-state index in [1.54, 1.807) is 37.4 Å². The van der Waals surface area contributed by atoms with Crippen molar-refractivity contribution in [1.29, 1.82) is 0 Å². The molecule has 0 radical (unpaired) electrons. The number of amides is 3. The third-order valence-corrected chi connectivity index (χ3v) is 10.6. The van der Waals surface area contributed by atoms with Crippen molar-refractivity contribution < 1.29 is 18.8 Å². The first kappa shape index (κ1) is 35.6. The van der Waals surface area contributed by atoms with E-state index in [1.165, 1.54) is 24.1 Å². The molecule has 0 spiro atoms. The lowest BCUT2D eigenvalue weighted by Crippen LogP contribution is -2.47. The highest BCUT2D eigenvalue weighted by molar-refractivity contribution is 6.80. The largest absolute Gasteiger partial charge is 0.403 e. The average molecular weight is 690 g/mol. The van der Waals surface area contributed by atoms with Gasteiger partial charge < -0.3 is 20.0 Å². The van der Waals surface area contributed by atoms with Crippen molar-refractivity contribution in [3.8, 4) is 0 Å². The molecule has 0 saturated heterocycles. The summed E-state index contributed by atoms with van der Waals surface area (Å²) in [6.45, 7) is 7.35. The molecule has 0 fully saturated rings. The van der Waals surface area contributed by atoms with E-state index in [1.807, 2.05) is 36.4 Å². The number of benzene rings is 3. The van der Waals surface area contributed by atoms with Crippen molar-refractivity contribution in [1.82, 2.24) is 10.3 Å². The number of rotatable bonds is 11. The normalized spacial score (nSPS) is 12.2. The van der Waals surface area contributed by atoms with Gasteiger partial charge in [0.25, 0.3) is 0 Å². The maximum atomic E-state index is 13.2. The van der Waals surface area contributed by atoms with Crippen LogP contribution >= 0.6 is 23.2 Å². The molecule has 1 heterocycles. The summed E-state index contributed by atoms with van der Waals surface area (Å²) in [4.78, 5) is 42.4. The molecule has 0 aliphatic rings. The summed E-state index contributed by atoms with van der Waals surface area (Å²) in [6.07, 6.45) is 3.88. The van der Waals surface area contributed by atoms with Gasteiger partial charge in [-0.05, 0) is 51.7 Å². The van der Waals surface area contributed by atoms with Crippen LogP contribution in [0.2, 0.25) is 10.0 Å². The summed E-state index contributed by atoms with van der Waals surface area (Å²) in [5.74, 6) is -0.655. The third-order valence-electron chi connectivity index (χ3n) is 7.30. The highest BCUT2D eigenvalue weighted by Crippen LogP contribution is 2.46. The molecule has 1 unspecified atom stereocenters. The summed E-state index contributed by atoms with van der Waals surface area (Å²) in [6, 6.07) is 27.1. The van der Waals surface area contributed by atoms with Crippen molar-refractivity contribution in [3.05, 3.63) is 118 Å². The fraction of sp³-hybridized carbons (Fsp3) is 0.222. The van der Waals surface area contributed by atoms with Gasteiger partial charge in [-0.3, -0.25) is 14.4 Å². The lowest BCUT2D eigenvalue weighted by atomic mass is 9.84. The minimum atomic E-state index is -2.21. The van der Waals surface area contributed by atoms with Crippen LogP contribution in [0.15, 0.2) is 97.2 Å². The molecule has 47 heavy (non-hydrogen) atoms. The molecule has 4 aromatic rings. The van der Waals surface area contributed by atoms with Crippen LogP contribution in [0.1, 0.15) is 44.9 Å². The predicted octanol–water partition coefficient (Wildman–Crippen LogP) is 5.78. The second-order valence-corrected chi connectivity index (χ2v) is 15.2. The lowest BCUT2D eigenvalue weighted by molar-refractivity contribution is -0.122. The number of hydrogen-bond acceptors (Lipinski definition) is 5. The number of hydrogen-bond donors (Lipinski definition) is 2. The smallest absolute Gasteiger partial charge is 0.246 e. The van der Waals surface area contributed by atoms with Crippen molar-refractivity contribution >= 4 is 77.9 Å². The summed E-state index contributed by atoms with van der Waals surface area (Å²) in [5, 5.41) is 8.17. The van der Waals surface area contributed by atoms with Gasteiger partial charge in [0.15, 0.2) is 0 Å². The highest BCUT2D eigenvalue weighted by Gasteiger charge is 2.36. The first-order valence-electron chi connectivity index (χ1n) is 15.0. The fourth-order valence-electron chi connectivity index (χ4n) is 4.91. The minimum absolute atomic E-state index is 0.227. The van der Waals surface area contributed by atoms with E-state index in [-0.39, 0.29) is 18.4 Å². The van der Waals surface area contributed by atoms with E-state index in [0.29, 0.717) is 32.7 Å². The van der Waals surface area contributed by atoms with Gasteiger partial charge in [0.1, 0.15) is 5.82 Å². The second-order valence-electron chi connectivity index (χ2n) is 12.0. The number of pyridine rings is 1. The summed E-state index contributed by atoms with van der Waals surface area (Å²) >= 11 is 13.9. The van der Waals surface area contributed by atoms with Crippen molar-refractivity contribution in [2.24, 2.45) is 5.41 Å². The molecule has 244 valence electrons. The number of anilines is 2. The van der Waals surface area contributed by atoms with Crippen LogP contribution in [-0.2, 0) is 18.8 Å². The molecule has 0 bridgehead atoms. The number of carbonyl (C=O) groups excluding carboxylic acids is 3.